The average Bonchev–Trinajstić information content (AvgIpc) is 3.40. The molecule has 3 aliphatic rings. The second-order valence-electron chi connectivity index (χ2n) is 12.6. The van der Waals surface area contributed by atoms with Crippen molar-refractivity contribution in [3.63, 3.8) is 0 Å². The summed E-state index contributed by atoms with van der Waals surface area (Å²) >= 11 is 0. The Bertz CT molecular complexity index is 1080. The molecule has 3 aliphatic carbocycles. The lowest BCUT2D eigenvalue weighted by Gasteiger charge is -2.45. The van der Waals surface area contributed by atoms with Crippen LogP contribution in [0.2, 0.25) is 0 Å². The van der Waals surface area contributed by atoms with E-state index < -0.39 is 0 Å². The fourth-order valence-corrected chi connectivity index (χ4v) is 6.67. The largest absolute Gasteiger partial charge is 0.0767 e. The maximum absolute atomic E-state index is 2.50. The van der Waals surface area contributed by atoms with Gasteiger partial charge >= 0.3 is 0 Å². The molecule has 5 rings (SSSR count). The second-order valence-corrected chi connectivity index (χ2v) is 12.6. The van der Waals surface area contributed by atoms with E-state index in [1.807, 2.05) is 0 Å². The molecule has 168 valence electrons. The molecule has 32 heavy (non-hydrogen) atoms. The van der Waals surface area contributed by atoms with Gasteiger partial charge in [0, 0.05) is 11.3 Å². The van der Waals surface area contributed by atoms with Crippen LogP contribution in [0.5, 0.6) is 0 Å². The predicted molar refractivity (Wildman–Crippen MR) is 139 cm³/mol. The zero-order chi connectivity index (χ0) is 22.7. The van der Waals surface area contributed by atoms with Crippen LogP contribution >= 0.6 is 0 Å². The van der Waals surface area contributed by atoms with E-state index in [0.717, 1.165) is 6.42 Å². The molecule has 0 heterocycles. The highest BCUT2D eigenvalue weighted by Gasteiger charge is 2.45. The fraction of sp³-hybridized carbons (Fsp3) is 0.500. The van der Waals surface area contributed by atoms with Crippen molar-refractivity contribution < 1.29 is 0 Å². The molecule has 0 heteroatoms. The summed E-state index contributed by atoms with van der Waals surface area (Å²) in [6, 6.07) is 12.2. The monoisotopic (exact) mass is 424 g/mol. The molecule has 0 nitrogen and oxygen atoms in total. The SMILES string of the molecule is CC(C)(C)c1ccc2c(c1)Cc1c-2ccc(C(C)(C)C)c1C1(C2C=CC=C2)CCCCC1. The lowest BCUT2D eigenvalue weighted by molar-refractivity contribution is 0.248. The van der Waals surface area contributed by atoms with Gasteiger partial charge in [-0.15, -0.1) is 0 Å². The van der Waals surface area contributed by atoms with Crippen molar-refractivity contribution in [3.8, 4) is 11.1 Å². The summed E-state index contributed by atoms with van der Waals surface area (Å²) < 4.78 is 0. The molecule has 0 saturated heterocycles. The number of hydrogen-bond donors (Lipinski definition) is 0. The Labute approximate surface area is 195 Å². The van der Waals surface area contributed by atoms with E-state index in [4.69, 9.17) is 0 Å². The third-order valence-electron chi connectivity index (χ3n) is 8.38. The highest BCUT2D eigenvalue weighted by molar-refractivity contribution is 5.80. The van der Waals surface area contributed by atoms with Gasteiger partial charge in [-0.1, -0.05) is 115 Å². The van der Waals surface area contributed by atoms with Gasteiger partial charge in [0.15, 0.2) is 0 Å². The maximum Gasteiger partial charge on any atom is 0.00565 e. The fourth-order valence-electron chi connectivity index (χ4n) is 6.67. The summed E-state index contributed by atoms with van der Waals surface area (Å²) in [5.74, 6) is 0.532. The van der Waals surface area contributed by atoms with Gasteiger partial charge in [0.25, 0.3) is 0 Å². The summed E-state index contributed by atoms with van der Waals surface area (Å²) in [4.78, 5) is 0. The van der Waals surface area contributed by atoms with E-state index in [1.54, 1.807) is 16.7 Å². The first-order valence-corrected chi connectivity index (χ1v) is 12.8. The van der Waals surface area contributed by atoms with Gasteiger partial charge in [0.2, 0.25) is 0 Å². The smallest absolute Gasteiger partial charge is 0.00565 e. The Hall–Kier alpha value is -2.08. The van der Waals surface area contributed by atoms with E-state index in [-0.39, 0.29) is 16.2 Å². The molecular weight excluding hydrogens is 384 g/mol. The van der Waals surface area contributed by atoms with E-state index in [1.165, 1.54) is 54.4 Å². The van der Waals surface area contributed by atoms with E-state index in [9.17, 15) is 0 Å². The Kier molecular flexibility index (Phi) is 5.08. The van der Waals surface area contributed by atoms with Crippen molar-refractivity contribution in [2.75, 3.05) is 0 Å². The first-order valence-electron chi connectivity index (χ1n) is 12.8. The maximum atomic E-state index is 2.50. The zero-order valence-electron chi connectivity index (χ0n) is 21.0. The Morgan fingerprint density at radius 3 is 2.03 bits per heavy atom. The third kappa shape index (κ3) is 3.42. The van der Waals surface area contributed by atoms with Gasteiger partial charge in [-0.05, 0) is 69.0 Å². The Balaban J connectivity index is 1.74. The summed E-state index contributed by atoms with van der Waals surface area (Å²) in [5, 5.41) is 0. The van der Waals surface area contributed by atoms with Gasteiger partial charge < -0.3 is 0 Å². The third-order valence-corrected chi connectivity index (χ3v) is 8.38. The molecule has 0 spiro atoms. The number of fused-ring (bicyclic) bond motifs is 3. The van der Waals surface area contributed by atoms with E-state index >= 15 is 0 Å². The number of allylic oxidation sites excluding steroid dienone is 4. The zero-order valence-corrected chi connectivity index (χ0v) is 21.0. The summed E-state index contributed by atoms with van der Waals surface area (Å²) in [7, 11) is 0. The summed E-state index contributed by atoms with van der Waals surface area (Å²) in [6.07, 6.45) is 17.3. The number of hydrogen-bond acceptors (Lipinski definition) is 0. The topological polar surface area (TPSA) is 0 Å². The molecule has 0 radical (unpaired) electrons. The van der Waals surface area contributed by atoms with Crippen LogP contribution in [0.3, 0.4) is 0 Å². The molecule has 2 aromatic rings. The molecule has 0 unspecified atom stereocenters. The Morgan fingerprint density at radius 1 is 0.750 bits per heavy atom. The highest BCUT2D eigenvalue weighted by atomic mass is 14.5. The van der Waals surface area contributed by atoms with Crippen LogP contribution in [0.15, 0.2) is 54.6 Å². The molecule has 0 aliphatic heterocycles. The van der Waals surface area contributed by atoms with Gasteiger partial charge in [0.1, 0.15) is 0 Å². The van der Waals surface area contributed by atoms with Crippen LogP contribution < -0.4 is 0 Å². The minimum atomic E-state index is 0.145. The van der Waals surface area contributed by atoms with Crippen LogP contribution in [0, 0.1) is 5.92 Å². The molecule has 0 N–H and O–H groups in total. The second kappa shape index (κ2) is 7.47. The van der Waals surface area contributed by atoms with Crippen LogP contribution in [0.1, 0.15) is 101 Å². The highest BCUT2D eigenvalue weighted by Crippen LogP contribution is 2.54. The van der Waals surface area contributed by atoms with E-state index in [2.05, 4.69) is 96.2 Å². The van der Waals surface area contributed by atoms with Crippen LogP contribution in [0.25, 0.3) is 11.1 Å². The van der Waals surface area contributed by atoms with Gasteiger partial charge in [-0.25, -0.2) is 0 Å². The minimum absolute atomic E-state index is 0.145. The van der Waals surface area contributed by atoms with Crippen LogP contribution in [-0.4, -0.2) is 0 Å². The molecule has 0 aromatic heterocycles. The molecule has 1 saturated carbocycles. The molecule has 0 amide bonds. The van der Waals surface area contributed by atoms with Crippen molar-refractivity contribution in [3.05, 3.63) is 82.5 Å². The van der Waals surface area contributed by atoms with Crippen molar-refractivity contribution in [2.24, 2.45) is 5.92 Å². The average molecular weight is 425 g/mol. The standard InChI is InChI=1S/C32H40/c1-30(2,3)24-14-15-25-22(20-24)21-27-26(25)16-17-28(31(4,5)6)29(27)32(18-10-7-11-19-32)23-12-8-9-13-23/h8-9,12-17,20,23H,7,10-11,18-19,21H2,1-6H3. The van der Waals surface area contributed by atoms with E-state index in [0.29, 0.717) is 5.92 Å². The van der Waals surface area contributed by atoms with Crippen molar-refractivity contribution >= 4 is 0 Å². The molecule has 1 fully saturated rings. The molecule has 0 atom stereocenters. The van der Waals surface area contributed by atoms with Gasteiger partial charge in [-0.3, -0.25) is 0 Å². The molecule has 2 aromatic carbocycles. The molecular formula is C32H40. The lowest BCUT2D eigenvalue weighted by Crippen LogP contribution is -2.39. The van der Waals surface area contributed by atoms with Gasteiger partial charge in [-0.2, -0.15) is 0 Å². The minimum Gasteiger partial charge on any atom is -0.0767 e. The quantitative estimate of drug-likeness (QED) is 0.385. The van der Waals surface area contributed by atoms with Crippen molar-refractivity contribution in [1.82, 2.24) is 0 Å². The number of rotatable bonds is 2. The first kappa shape index (κ1) is 21.7. The van der Waals surface area contributed by atoms with Crippen molar-refractivity contribution in [1.29, 1.82) is 0 Å². The molecule has 0 bridgehead atoms. The van der Waals surface area contributed by atoms with Crippen LogP contribution in [0.4, 0.5) is 0 Å². The summed E-state index contributed by atoms with van der Waals surface area (Å²) in [5.41, 5.74) is 11.4. The van der Waals surface area contributed by atoms with Crippen molar-refractivity contribution in [2.45, 2.75) is 96.3 Å². The Morgan fingerprint density at radius 2 is 1.41 bits per heavy atom. The summed E-state index contributed by atoms with van der Waals surface area (Å²) in [6.45, 7) is 14.2. The number of benzene rings is 2. The van der Waals surface area contributed by atoms with Crippen LogP contribution in [-0.2, 0) is 22.7 Å². The normalized spacial score (nSPS) is 19.9. The van der Waals surface area contributed by atoms with Gasteiger partial charge in [0.05, 0.1) is 0 Å². The predicted octanol–water partition coefficient (Wildman–Crippen LogP) is 8.80. The lowest BCUT2D eigenvalue weighted by atomic mass is 9.58. The first-order chi connectivity index (χ1) is 15.1.